The maximum Gasteiger partial charge on any atom is 0.341 e. The second-order valence-electron chi connectivity index (χ2n) is 6.42. The van der Waals surface area contributed by atoms with E-state index < -0.39 is 11.9 Å². The SMILES string of the molecule is CCOC(=O)c1c(NC(=O)/C(C#N)=C\c2ccco2)sc2c1CC[C@@H](C)C2. The minimum Gasteiger partial charge on any atom is -0.465 e. The molecule has 0 aliphatic heterocycles. The van der Waals surface area contributed by atoms with Crippen molar-refractivity contribution in [2.24, 2.45) is 5.92 Å². The third kappa shape index (κ3) is 4.12. The van der Waals surface area contributed by atoms with E-state index in [2.05, 4.69) is 12.2 Å². The Morgan fingerprint density at radius 3 is 3.00 bits per heavy atom. The molecule has 7 heteroatoms. The Bertz CT molecular complexity index is 919. The van der Waals surface area contributed by atoms with Crippen molar-refractivity contribution in [1.82, 2.24) is 0 Å². The predicted octanol–water partition coefficient (Wildman–Crippen LogP) is 4.19. The van der Waals surface area contributed by atoms with Crippen LogP contribution in [0.3, 0.4) is 0 Å². The number of carbonyl (C=O) groups excluding carboxylic acids is 2. The van der Waals surface area contributed by atoms with E-state index in [4.69, 9.17) is 9.15 Å². The molecule has 0 saturated carbocycles. The van der Waals surface area contributed by atoms with Crippen LogP contribution in [-0.4, -0.2) is 18.5 Å². The summed E-state index contributed by atoms with van der Waals surface area (Å²) in [4.78, 5) is 26.2. The summed E-state index contributed by atoms with van der Waals surface area (Å²) in [5, 5.41) is 12.5. The summed E-state index contributed by atoms with van der Waals surface area (Å²) in [5.74, 6) is -0.0747. The average molecular weight is 384 g/mol. The first-order chi connectivity index (χ1) is 13.0. The first-order valence-corrected chi connectivity index (χ1v) is 9.63. The molecule has 6 nitrogen and oxygen atoms in total. The van der Waals surface area contributed by atoms with E-state index in [0.717, 1.165) is 29.7 Å². The molecule has 0 saturated heterocycles. The van der Waals surface area contributed by atoms with E-state index in [0.29, 0.717) is 22.2 Å². The van der Waals surface area contributed by atoms with Crippen LogP contribution in [0.5, 0.6) is 0 Å². The molecule has 0 spiro atoms. The number of furan rings is 1. The zero-order valence-corrected chi connectivity index (χ0v) is 16.0. The van der Waals surface area contributed by atoms with Gasteiger partial charge in [0.25, 0.3) is 5.91 Å². The number of nitrogens with zero attached hydrogens (tertiary/aromatic N) is 1. The fourth-order valence-electron chi connectivity index (χ4n) is 3.09. The maximum absolute atomic E-state index is 12.6. The Morgan fingerprint density at radius 2 is 2.33 bits per heavy atom. The number of nitriles is 1. The molecule has 1 N–H and O–H groups in total. The normalized spacial score (nSPS) is 16.3. The van der Waals surface area contributed by atoms with Crippen molar-refractivity contribution < 1.29 is 18.7 Å². The van der Waals surface area contributed by atoms with Crippen molar-refractivity contribution in [3.05, 3.63) is 45.7 Å². The largest absolute Gasteiger partial charge is 0.465 e. The highest BCUT2D eigenvalue weighted by Crippen LogP contribution is 2.40. The molecule has 1 amide bonds. The number of esters is 1. The monoisotopic (exact) mass is 384 g/mol. The third-order valence-electron chi connectivity index (χ3n) is 4.41. The van der Waals surface area contributed by atoms with Crippen LogP contribution in [0.1, 0.15) is 46.8 Å². The van der Waals surface area contributed by atoms with Gasteiger partial charge in [-0.15, -0.1) is 11.3 Å². The molecule has 0 fully saturated rings. The van der Waals surface area contributed by atoms with E-state index >= 15 is 0 Å². The molecule has 1 aliphatic rings. The molecule has 0 aromatic carbocycles. The van der Waals surface area contributed by atoms with Gasteiger partial charge in [-0.1, -0.05) is 6.92 Å². The molecule has 2 heterocycles. The van der Waals surface area contributed by atoms with E-state index in [-0.39, 0.29) is 12.2 Å². The van der Waals surface area contributed by atoms with Crippen molar-refractivity contribution in [2.75, 3.05) is 11.9 Å². The number of rotatable bonds is 5. The van der Waals surface area contributed by atoms with Gasteiger partial charge in [0.05, 0.1) is 18.4 Å². The van der Waals surface area contributed by atoms with Crippen LogP contribution in [0.4, 0.5) is 5.00 Å². The molecular formula is C20H20N2O4S. The van der Waals surface area contributed by atoms with Crippen LogP contribution in [0.15, 0.2) is 28.4 Å². The molecule has 1 aliphatic carbocycles. The Morgan fingerprint density at radius 1 is 1.52 bits per heavy atom. The lowest BCUT2D eigenvalue weighted by Gasteiger charge is -2.18. The van der Waals surface area contributed by atoms with Gasteiger partial charge in [-0.2, -0.15) is 5.26 Å². The van der Waals surface area contributed by atoms with E-state index in [1.165, 1.54) is 23.7 Å². The number of ether oxygens (including phenoxy) is 1. The molecule has 27 heavy (non-hydrogen) atoms. The summed E-state index contributed by atoms with van der Waals surface area (Å²) >= 11 is 1.39. The quantitative estimate of drug-likeness (QED) is 0.474. The van der Waals surface area contributed by atoms with Gasteiger partial charge in [0, 0.05) is 11.0 Å². The van der Waals surface area contributed by atoms with Crippen molar-refractivity contribution in [3.8, 4) is 6.07 Å². The van der Waals surface area contributed by atoms with E-state index in [9.17, 15) is 14.9 Å². The summed E-state index contributed by atoms with van der Waals surface area (Å²) < 4.78 is 10.4. The van der Waals surface area contributed by atoms with Crippen LogP contribution in [0, 0.1) is 17.2 Å². The van der Waals surface area contributed by atoms with Gasteiger partial charge in [-0.25, -0.2) is 4.79 Å². The molecular weight excluding hydrogens is 364 g/mol. The van der Waals surface area contributed by atoms with Gasteiger partial charge in [-0.3, -0.25) is 4.79 Å². The third-order valence-corrected chi connectivity index (χ3v) is 5.58. The van der Waals surface area contributed by atoms with Gasteiger partial charge >= 0.3 is 5.97 Å². The van der Waals surface area contributed by atoms with Gasteiger partial charge in [-0.05, 0) is 49.8 Å². The van der Waals surface area contributed by atoms with Crippen molar-refractivity contribution in [2.45, 2.75) is 33.1 Å². The number of carbonyl (C=O) groups is 2. The van der Waals surface area contributed by atoms with Crippen LogP contribution in [0.25, 0.3) is 6.08 Å². The topological polar surface area (TPSA) is 92.3 Å². The number of thiophene rings is 1. The predicted molar refractivity (Wildman–Crippen MR) is 102 cm³/mol. The van der Waals surface area contributed by atoms with Crippen molar-refractivity contribution in [1.29, 1.82) is 5.26 Å². The van der Waals surface area contributed by atoms with Crippen LogP contribution >= 0.6 is 11.3 Å². The van der Waals surface area contributed by atoms with Gasteiger partial charge in [0.15, 0.2) is 0 Å². The van der Waals surface area contributed by atoms with Crippen LogP contribution in [-0.2, 0) is 22.4 Å². The lowest BCUT2D eigenvalue weighted by Crippen LogP contribution is -2.17. The van der Waals surface area contributed by atoms with Crippen molar-refractivity contribution >= 4 is 34.3 Å². The molecule has 2 aromatic heterocycles. The summed E-state index contributed by atoms with van der Waals surface area (Å²) in [6.07, 6.45) is 5.48. The highest BCUT2D eigenvalue weighted by Gasteiger charge is 2.29. The number of hydrogen-bond acceptors (Lipinski definition) is 6. The maximum atomic E-state index is 12.6. The minimum atomic E-state index is -0.578. The lowest BCUT2D eigenvalue weighted by molar-refractivity contribution is -0.112. The Kier molecular flexibility index (Phi) is 5.77. The first-order valence-electron chi connectivity index (χ1n) is 8.81. The minimum absolute atomic E-state index is 0.0977. The van der Waals surface area contributed by atoms with E-state index in [1.807, 2.05) is 6.07 Å². The number of nitrogens with one attached hydrogen (secondary N) is 1. The van der Waals surface area contributed by atoms with E-state index in [1.54, 1.807) is 19.1 Å². The van der Waals surface area contributed by atoms with Crippen LogP contribution < -0.4 is 5.32 Å². The second kappa shape index (κ2) is 8.23. The smallest absolute Gasteiger partial charge is 0.341 e. The van der Waals surface area contributed by atoms with Crippen LogP contribution in [0.2, 0.25) is 0 Å². The highest BCUT2D eigenvalue weighted by molar-refractivity contribution is 7.17. The molecule has 0 radical (unpaired) electrons. The fourth-order valence-corrected chi connectivity index (χ4v) is 4.49. The number of hydrogen-bond donors (Lipinski definition) is 1. The zero-order chi connectivity index (χ0) is 19.4. The highest BCUT2D eigenvalue weighted by atomic mass is 32.1. The average Bonchev–Trinajstić information content (AvgIpc) is 3.26. The lowest BCUT2D eigenvalue weighted by atomic mass is 9.88. The number of fused-ring (bicyclic) bond motifs is 1. The molecule has 140 valence electrons. The van der Waals surface area contributed by atoms with Crippen molar-refractivity contribution in [3.63, 3.8) is 0 Å². The molecule has 0 unspecified atom stereocenters. The Hall–Kier alpha value is -2.85. The number of amides is 1. The van der Waals surface area contributed by atoms with Gasteiger partial charge < -0.3 is 14.5 Å². The Labute approximate surface area is 161 Å². The number of anilines is 1. The Balaban J connectivity index is 1.92. The summed E-state index contributed by atoms with van der Waals surface area (Å²) in [6.45, 7) is 4.18. The standard InChI is InChI=1S/C20H20N2O4S/c1-3-25-20(24)17-15-7-6-12(2)9-16(15)27-19(17)22-18(23)13(11-21)10-14-5-4-8-26-14/h4-5,8,10,12H,3,6-7,9H2,1-2H3,(H,22,23)/b13-10-/t12-/m1/s1. The molecule has 2 aromatic rings. The van der Waals surface area contributed by atoms with Gasteiger partial charge in [0.2, 0.25) is 0 Å². The molecule has 1 atom stereocenters. The second-order valence-corrected chi connectivity index (χ2v) is 7.52. The summed E-state index contributed by atoms with van der Waals surface area (Å²) in [7, 11) is 0. The molecule has 3 rings (SSSR count). The zero-order valence-electron chi connectivity index (χ0n) is 15.2. The fraction of sp³-hybridized carbons (Fsp3) is 0.350. The van der Waals surface area contributed by atoms with Gasteiger partial charge in [0.1, 0.15) is 22.4 Å². The summed E-state index contributed by atoms with van der Waals surface area (Å²) in [6, 6.07) is 5.21. The summed E-state index contributed by atoms with van der Waals surface area (Å²) in [5.41, 5.74) is 1.28. The first kappa shape index (κ1) is 18.9. The molecule has 0 bridgehead atoms.